The number of benzene rings is 2. The lowest BCUT2D eigenvalue weighted by molar-refractivity contribution is -0.117. The Morgan fingerprint density at radius 2 is 1.58 bits per heavy atom. The average molecular weight is 325 g/mol. The molecule has 0 atom stereocenters. The maximum atomic E-state index is 13.4. The zero-order chi connectivity index (χ0) is 13.8. The number of rotatable bonds is 4. The fourth-order valence-corrected chi connectivity index (χ4v) is 2.24. The predicted molar refractivity (Wildman–Crippen MR) is 72.9 cm³/mol. The van der Waals surface area contributed by atoms with E-state index in [-0.39, 0.29) is 24.2 Å². The molecule has 1 nitrogen and oxygen atoms in total. The number of carbonyl (C=O) groups excluding carboxylic acids is 1. The smallest absolute Gasteiger partial charge is 0.162 e. The molecule has 2 rings (SSSR count). The quantitative estimate of drug-likeness (QED) is 0.828. The second kappa shape index (κ2) is 6.06. The molecule has 0 unspecified atom stereocenters. The van der Waals surface area contributed by atoms with Crippen molar-refractivity contribution in [1.82, 2.24) is 0 Å². The number of halogens is 3. The fourth-order valence-electron chi connectivity index (χ4n) is 1.81. The number of carbonyl (C=O) groups is 1. The van der Waals surface area contributed by atoms with Crippen molar-refractivity contribution in [3.63, 3.8) is 0 Å². The summed E-state index contributed by atoms with van der Waals surface area (Å²) in [6.07, 6.45) is 0.0856. The van der Waals surface area contributed by atoms with Gasteiger partial charge in [-0.1, -0.05) is 46.3 Å². The van der Waals surface area contributed by atoms with Gasteiger partial charge in [0.2, 0.25) is 0 Å². The highest BCUT2D eigenvalue weighted by Crippen LogP contribution is 2.18. The molecule has 0 saturated heterocycles. The monoisotopic (exact) mass is 324 g/mol. The van der Waals surface area contributed by atoms with Gasteiger partial charge in [0, 0.05) is 17.3 Å². The van der Waals surface area contributed by atoms with Crippen LogP contribution in [0.3, 0.4) is 0 Å². The minimum absolute atomic E-state index is 0.0945. The first-order valence-corrected chi connectivity index (χ1v) is 6.55. The predicted octanol–water partition coefficient (Wildman–Crippen LogP) is 4.08. The highest BCUT2D eigenvalue weighted by Gasteiger charge is 2.13. The van der Waals surface area contributed by atoms with Crippen molar-refractivity contribution in [1.29, 1.82) is 0 Å². The molecule has 0 spiro atoms. The molecule has 2 aromatic rings. The fraction of sp³-hybridized carbons (Fsp3) is 0.133. The molecular weight excluding hydrogens is 314 g/mol. The van der Waals surface area contributed by atoms with E-state index in [0.717, 1.165) is 16.1 Å². The summed E-state index contributed by atoms with van der Waals surface area (Å²) in [6, 6.07) is 11.2. The van der Waals surface area contributed by atoms with Crippen molar-refractivity contribution in [3.05, 3.63) is 69.7 Å². The molecule has 0 aliphatic heterocycles. The third-order valence-corrected chi connectivity index (χ3v) is 3.54. The highest BCUT2D eigenvalue weighted by atomic mass is 79.9. The third-order valence-electron chi connectivity index (χ3n) is 2.76. The van der Waals surface area contributed by atoms with Gasteiger partial charge in [-0.2, -0.15) is 0 Å². The van der Waals surface area contributed by atoms with E-state index in [1.165, 1.54) is 12.1 Å². The maximum absolute atomic E-state index is 13.4. The van der Waals surface area contributed by atoms with Gasteiger partial charge in [-0.05, 0) is 23.3 Å². The Hall–Kier alpha value is -1.55. The van der Waals surface area contributed by atoms with Crippen LogP contribution < -0.4 is 0 Å². The van der Waals surface area contributed by atoms with Gasteiger partial charge in [-0.25, -0.2) is 8.78 Å². The average Bonchev–Trinajstić information content (AvgIpc) is 2.38. The summed E-state index contributed by atoms with van der Waals surface area (Å²) in [6.45, 7) is 0. The van der Waals surface area contributed by atoms with Crippen LogP contribution in [0.5, 0.6) is 0 Å². The van der Waals surface area contributed by atoms with Crippen LogP contribution in [0.25, 0.3) is 0 Å². The van der Waals surface area contributed by atoms with Gasteiger partial charge < -0.3 is 0 Å². The van der Waals surface area contributed by atoms with Crippen LogP contribution in [0.4, 0.5) is 8.78 Å². The van der Waals surface area contributed by atoms with Crippen molar-refractivity contribution in [2.24, 2.45) is 0 Å². The summed E-state index contributed by atoms with van der Waals surface area (Å²) in [7, 11) is 0. The Morgan fingerprint density at radius 1 is 0.947 bits per heavy atom. The molecule has 0 heterocycles. The van der Waals surface area contributed by atoms with E-state index in [1.54, 1.807) is 0 Å². The lowest BCUT2D eigenvalue weighted by Crippen LogP contribution is -2.09. The van der Waals surface area contributed by atoms with E-state index in [1.807, 2.05) is 24.3 Å². The minimum Gasteiger partial charge on any atom is -0.299 e. The molecule has 0 saturated carbocycles. The zero-order valence-corrected chi connectivity index (χ0v) is 11.6. The first kappa shape index (κ1) is 13.9. The summed E-state index contributed by atoms with van der Waals surface area (Å²) in [4.78, 5) is 11.9. The first-order chi connectivity index (χ1) is 9.08. The molecular formula is C15H11BrF2O. The summed E-state index contributed by atoms with van der Waals surface area (Å²) in [5.41, 5.74) is 0.932. The van der Waals surface area contributed by atoms with Crippen LogP contribution in [-0.4, -0.2) is 5.78 Å². The third kappa shape index (κ3) is 3.47. The Balaban J connectivity index is 2.10. The van der Waals surface area contributed by atoms with Crippen molar-refractivity contribution in [2.75, 3.05) is 0 Å². The van der Waals surface area contributed by atoms with Gasteiger partial charge in [-0.15, -0.1) is 0 Å². The van der Waals surface area contributed by atoms with E-state index in [0.29, 0.717) is 0 Å². The van der Waals surface area contributed by atoms with Crippen LogP contribution in [0.1, 0.15) is 11.1 Å². The summed E-state index contributed by atoms with van der Waals surface area (Å²) in [5.74, 6) is -2.02. The van der Waals surface area contributed by atoms with Crippen molar-refractivity contribution in [3.8, 4) is 0 Å². The van der Waals surface area contributed by atoms with E-state index in [9.17, 15) is 13.6 Å². The maximum Gasteiger partial charge on any atom is 0.162 e. The topological polar surface area (TPSA) is 17.1 Å². The van der Waals surface area contributed by atoms with Gasteiger partial charge in [0.25, 0.3) is 0 Å². The zero-order valence-electron chi connectivity index (χ0n) is 10.00. The SMILES string of the molecule is O=C(Cc1ccccc1Br)Cc1cccc(F)c1F. The Labute approximate surface area is 118 Å². The number of Topliss-reactive ketones (excluding diaryl/α,β-unsaturated/α-hetero) is 1. The molecule has 0 radical (unpaired) electrons. The normalized spacial score (nSPS) is 10.5. The molecule has 4 heteroatoms. The van der Waals surface area contributed by atoms with E-state index < -0.39 is 11.6 Å². The van der Waals surface area contributed by atoms with Gasteiger partial charge in [0.05, 0.1) is 0 Å². The Morgan fingerprint density at radius 3 is 2.32 bits per heavy atom. The first-order valence-electron chi connectivity index (χ1n) is 5.76. The van der Waals surface area contributed by atoms with Crippen LogP contribution in [0, 0.1) is 11.6 Å². The number of ketones is 1. The van der Waals surface area contributed by atoms with Crippen LogP contribution in [-0.2, 0) is 17.6 Å². The van der Waals surface area contributed by atoms with Crippen LogP contribution in [0.2, 0.25) is 0 Å². The molecule has 0 aliphatic carbocycles. The van der Waals surface area contributed by atoms with Crippen molar-refractivity contribution >= 4 is 21.7 Å². The van der Waals surface area contributed by atoms with Crippen molar-refractivity contribution < 1.29 is 13.6 Å². The lowest BCUT2D eigenvalue weighted by Gasteiger charge is -2.05. The number of hydrogen-bond donors (Lipinski definition) is 0. The standard InChI is InChI=1S/C15H11BrF2O/c16-13-6-2-1-4-10(13)8-12(19)9-11-5-3-7-14(17)15(11)18/h1-7H,8-9H2. The Bertz CT molecular complexity index is 611. The van der Waals surface area contributed by atoms with Gasteiger partial charge >= 0.3 is 0 Å². The molecule has 0 aliphatic rings. The molecule has 19 heavy (non-hydrogen) atoms. The second-order valence-electron chi connectivity index (χ2n) is 4.20. The molecule has 0 fully saturated rings. The van der Waals surface area contributed by atoms with Gasteiger partial charge in [0.1, 0.15) is 5.78 Å². The van der Waals surface area contributed by atoms with Gasteiger partial charge in [0.15, 0.2) is 11.6 Å². The summed E-state index contributed by atoms with van der Waals surface area (Å²) < 4.78 is 27.3. The van der Waals surface area contributed by atoms with Crippen LogP contribution >= 0.6 is 15.9 Å². The molecule has 0 aromatic heterocycles. The van der Waals surface area contributed by atoms with Gasteiger partial charge in [-0.3, -0.25) is 4.79 Å². The Kier molecular flexibility index (Phi) is 4.43. The highest BCUT2D eigenvalue weighted by molar-refractivity contribution is 9.10. The van der Waals surface area contributed by atoms with E-state index >= 15 is 0 Å². The molecule has 0 bridgehead atoms. The lowest BCUT2D eigenvalue weighted by atomic mass is 10.0. The molecule has 98 valence electrons. The summed E-state index contributed by atoms with van der Waals surface area (Å²) >= 11 is 3.35. The van der Waals surface area contributed by atoms with Crippen LogP contribution in [0.15, 0.2) is 46.9 Å². The minimum atomic E-state index is -0.942. The molecule has 0 N–H and O–H groups in total. The number of hydrogen-bond acceptors (Lipinski definition) is 1. The molecule has 2 aromatic carbocycles. The molecule has 0 amide bonds. The second-order valence-corrected chi connectivity index (χ2v) is 5.05. The largest absolute Gasteiger partial charge is 0.299 e. The van der Waals surface area contributed by atoms with E-state index in [4.69, 9.17) is 0 Å². The van der Waals surface area contributed by atoms with Crippen molar-refractivity contribution in [2.45, 2.75) is 12.8 Å². The van der Waals surface area contributed by atoms with E-state index in [2.05, 4.69) is 15.9 Å². The summed E-state index contributed by atoms with van der Waals surface area (Å²) in [5, 5.41) is 0.